The highest BCUT2D eigenvalue weighted by molar-refractivity contribution is 6.06. The van der Waals surface area contributed by atoms with Crippen molar-refractivity contribution in [3.63, 3.8) is 0 Å². The predicted molar refractivity (Wildman–Crippen MR) is 114 cm³/mol. The van der Waals surface area contributed by atoms with Gasteiger partial charge in [-0.3, -0.25) is 9.69 Å². The van der Waals surface area contributed by atoms with Crippen molar-refractivity contribution in [1.29, 1.82) is 0 Å². The first kappa shape index (κ1) is 17.1. The first-order valence-corrected chi connectivity index (χ1v) is 10.7. The van der Waals surface area contributed by atoms with E-state index >= 15 is 0 Å². The Morgan fingerprint density at radius 2 is 2.00 bits per heavy atom. The summed E-state index contributed by atoms with van der Waals surface area (Å²) in [6.07, 6.45) is 4.26. The fourth-order valence-corrected chi connectivity index (χ4v) is 5.33. The van der Waals surface area contributed by atoms with Gasteiger partial charge in [0, 0.05) is 37.0 Å². The molecule has 0 bridgehead atoms. The summed E-state index contributed by atoms with van der Waals surface area (Å²) in [5, 5.41) is 4.33. The first-order valence-electron chi connectivity index (χ1n) is 10.7. The monoisotopic (exact) mass is 387 g/mol. The van der Waals surface area contributed by atoms with Crippen molar-refractivity contribution in [1.82, 2.24) is 9.47 Å². The lowest BCUT2D eigenvalue weighted by Crippen LogP contribution is -2.33. The number of nitrogens with one attached hydrogen (secondary N) is 1. The van der Waals surface area contributed by atoms with Crippen LogP contribution in [-0.4, -0.2) is 35.1 Å². The zero-order valence-corrected chi connectivity index (χ0v) is 16.5. The topological polar surface area (TPSA) is 46.5 Å². The lowest BCUT2D eigenvalue weighted by Gasteiger charge is -2.28. The first-order chi connectivity index (χ1) is 14.3. The molecule has 2 aromatic carbocycles. The molecule has 3 aliphatic rings. The molecule has 0 atom stereocenters. The van der Waals surface area contributed by atoms with Crippen molar-refractivity contribution in [2.45, 2.75) is 38.8 Å². The van der Waals surface area contributed by atoms with Crippen LogP contribution in [0, 0.1) is 0 Å². The van der Waals surface area contributed by atoms with Crippen molar-refractivity contribution in [2.75, 3.05) is 25.0 Å². The normalized spacial score (nSPS) is 17.7. The van der Waals surface area contributed by atoms with Crippen LogP contribution in [0.5, 0.6) is 5.75 Å². The number of para-hydroxylation sites is 2. The molecule has 5 nitrogen and oxygen atoms in total. The van der Waals surface area contributed by atoms with Crippen LogP contribution in [0.2, 0.25) is 0 Å². The van der Waals surface area contributed by atoms with Crippen molar-refractivity contribution in [3.05, 3.63) is 58.8 Å². The van der Waals surface area contributed by atoms with Crippen molar-refractivity contribution in [3.8, 4) is 5.75 Å². The van der Waals surface area contributed by atoms with E-state index in [2.05, 4.69) is 45.1 Å². The second-order valence-electron chi connectivity index (χ2n) is 8.39. The summed E-state index contributed by atoms with van der Waals surface area (Å²) in [6, 6.07) is 12.8. The van der Waals surface area contributed by atoms with Crippen LogP contribution in [0.1, 0.15) is 28.8 Å². The Labute approximate surface area is 170 Å². The van der Waals surface area contributed by atoms with E-state index in [0.717, 1.165) is 63.4 Å². The SMILES string of the molecule is O=C1Cn2c3c(c4cccc(c42)N1)CN(CCCc1cccc2c1OCC2)CC3. The van der Waals surface area contributed by atoms with E-state index in [0.29, 0.717) is 6.54 Å². The van der Waals surface area contributed by atoms with E-state index in [9.17, 15) is 4.79 Å². The summed E-state index contributed by atoms with van der Waals surface area (Å²) in [4.78, 5) is 14.7. The maximum absolute atomic E-state index is 12.1. The number of anilines is 1. The number of carbonyl (C=O) groups is 1. The molecule has 0 spiro atoms. The summed E-state index contributed by atoms with van der Waals surface area (Å²) in [6.45, 7) is 4.39. The molecule has 1 amide bonds. The highest BCUT2D eigenvalue weighted by Crippen LogP contribution is 2.37. The number of nitrogens with zero attached hydrogens (tertiary/aromatic N) is 2. The lowest BCUT2D eigenvalue weighted by molar-refractivity contribution is -0.116. The van der Waals surface area contributed by atoms with Crippen molar-refractivity contribution in [2.24, 2.45) is 0 Å². The van der Waals surface area contributed by atoms with Gasteiger partial charge in [0.15, 0.2) is 0 Å². The summed E-state index contributed by atoms with van der Waals surface area (Å²) in [5.74, 6) is 1.23. The van der Waals surface area contributed by atoms with E-state index in [4.69, 9.17) is 4.74 Å². The maximum atomic E-state index is 12.1. The van der Waals surface area contributed by atoms with Gasteiger partial charge in [-0.2, -0.15) is 0 Å². The number of hydrogen-bond donors (Lipinski definition) is 1. The molecule has 3 aliphatic heterocycles. The van der Waals surface area contributed by atoms with Crippen LogP contribution < -0.4 is 10.1 Å². The minimum atomic E-state index is 0.0865. The van der Waals surface area contributed by atoms with Crippen LogP contribution in [0.15, 0.2) is 36.4 Å². The number of aromatic nitrogens is 1. The molecule has 6 rings (SSSR count). The molecule has 1 N–H and O–H groups in total. The molecule has 0 saturated heterocycles. The molecule has 148 valence electrons. The van der Waals surface area contributed by atoms with Gasteiger partial charge < -0.3 is 14.6 Å². The number of hydrogen-bond acceptors (Lipinski definition) is 3. The van der Waals surface area contributed by atoms with E-state index in [1.807, 2.05) is 6.07 Å². The Balaban J connectivity index is 1.20. The van der Waals surface area contributed by atoms with Gasteiger partial charge in [-0.15, -0.1) is 0 Å². The minimum absolute atomic E-state index is 0.0865. The molecule has 4 heterocycles. The highest BCUT2D eigenvalue weighted by atomic mass is 16.5. The fraction of sp³-hybridized carbons (Fsp3) is 0.375. The number of amides is 1. The molecule has 0 unspecified atom stereocenters. The number of benzene rings is 2. The molecular weight excluding hydrogens is 362 g/mol. The number of ether oxygens (including phenoxy) is 1. The lowest BCUT2D eigenvalue weighted by atomic mass is 10.0. The zero-order chi connectivity index (χ0) is 19.4. The molecule has 0 aliphatic carbocycles. The number of carbonyl (C=O) groups excluding carboxylic acids is 1. The second-order valence-corrected chi connectivity index (χ2v) is 8.39. The van der Waals surface area contributed by atoms with Gasteiger partial charge in [-0.25, -0.2) is 0 Å². The Bertz CT molecular complexity index is 1130. The maximum Gasteiger partial charge on any atom is 0.244 e. The van der Waals surface area contributed by atoms with E-state index in [1.54, 1.807) is 0 Å². The number of rotatable bonds is 4. The van der Waals surface area contributed by atoms with Crippen LogP contribution in [0.25, 0.3) is 10.9 Å². The Morgan fingerprint density at radius 1 is 1.07 bits per heavy atom. The summed E-state index contributed by atoms with van der Waals surface area (Å²) < 4.78 is 8.11. The third-order valence-electron chi connectivity index (χ3n) is 6.64. The largest absolute Gasteiger partial charge is 0.493 e. The van der Waals surface area contributed by atoms with Crippen LogP contribution in [0.3, 0.4) is 0 Å². The third-order valence-corrected chi connectivity index (χ3v) is 6.64. The molecule has 29 heavy (non-hydrogen) atoms. The van der Waals surface area contributed by atoms with Gasteiger partial charge in [-0.1, -0.05) is 30.3 Å². The molecule has 3 aromatic rings. The van der Waals surface area contributed by atoms with Gasteiger partial charge in [0.2, 0.25) is 5.91 Å². The summed E-state index contributed by atoms with van der Waals surface area (Å²) >= 11 is 0. The number of aryl methyl sites for hydroxylation is 1. The van der Waals surface area contributed by atoms with Gasteiger partial charge in [0.05, 0.1) is 17.8 Å². The van der Waals surface area contributed by atoms with Crippen LogP contribution in [0.4, 0.5) is 5.69 Å². The predicted octanol–water partition coefficient (Wildman–Crippen LogP) is 3.52. The summed E-state index contributed by atoms with van der Waals surface area (Å²) in [7, 11) is 0. The number of fused-ring (bicyclic) bond motifs is 4. The molecule has 0 radical (unpaired) electrons. The van der Waals surface area contributed by atoms with Crippen molar-refractivity contribution >= 4 is 22.5 Å². The van der Waals surface area contributed by atoms with Crippen LogP contribution >= 0.6 is 0 Å². The quantitative estimate of drug-likeness (QED) is 0.745. The minimum Gasteiger partial charge on any atom is -0.493 e. The van der Waals surface area contributed by atoms with E-state index < -0.39 is 0 Å². The second kappa shape index (κ2) is 6.63. The molecular formula is C24H25N3O2. The fourth-order valence-electron chi connectivity index (χ4n) is 5.33. The van der Waals surface area contributed by atoms with Crippen molar-refractivity contribution < 1.29 is 9.53 Å². The average Bonchev–Trinajstić information content (AvgIpc) is 3.33. The zero-order valence-electron chi connectivity index (χ0n) is 16.5. The van der Waals surface area contributed by atoms with E-state index in [-0.39, 0.29) is 5.91 Å². The van der Waals surface area contributed by atoms with Gasteiger partial charge in [0.1, 0.15) is 12.3 Å². The van der Waals surface area contributed by atoms with E-state index in [1.165, 1.54) is 33.3 Å². The van der Waals surface area contributed by atoms with Gasteiger partial charge in [-0.05, 0) is 42.1 Å². The Hall–Kier alpha value is -2.79. The van der Waals surface area contributed by atoms with Gasteiger partial charge in [0.25, 0.3) is 0 Å². The molecule has 5 heteroatoms. The smallest absolute Gasteiger partial charge is 0.244 e. The Morgan fingerprint density at radius 3 is 2.97 bits per heavy atom. The standard InChI is InChI=1S/C24H25N3O2/c28-22-15-27-21-9-12-26(14-19(21)18-7-2-8-20(25-22)23(18)27)11-3-6-16-4-1-5-17-10-13-29-24(16)17/h1-2,4-5,7-8H,3,6,9-15H2,(H,25,28). The van der Waals surface area contributed by atoms with Gasteiger partial charge >= 0.3 is 0 Å². The third kappa shape index (κ3) is 2.76. The average molecular weight is 387 g/mol. The Kier molecular flexibility index (Phi) is 3.91. The highest BCUT2D eigenvalue weighted by Gasteiger charge is 2.28. The molecule has 0 fully saturated rings. The summed E-state index contributed by atoms with van der Waals surface area (Å²) in [5.41, 5.74) is 7.65. The molecule has 0 saturated carbocycles. The van der Waals surface area contributed by atoms with Crippen LogP contribution in [-0.2, 0) is 37.1 Å². The molecule has 1 aromatic heterocycles.